The second kappa shape index (κ2) is 7.78. The third-order valence-corrected chi connectivity index (χ3v) is 4.28. The molecule has 0 bridgehead atoms. The first-order valence-electron chi connectivity index (χ1n) is 8.37. The van der Waals surface area contributed by atoms with E-state index in [0.717, 1.165) is 0 Å². The number of methoxy groups -OCH3 is 1. The number of nitro groups is 1. The van der Waals surface area contributed by atoms with Gasteiger partial charge in [-0.05, 0) is 30.7 Å². The normalized spacial score (nSPS) is 16.1. The molecule has 0 saturated carbocycles. The van der Waals surface area contributed by atoms with Gasteiger partial charge in [0.1, 0.15) is 5.75 Å². The molecule has 3 rings (SSSR count). The highest BCUT2D eigenvalue weighted by Crippen LogP contribution is 2.29. The molecular weight excluding hydrogens is 364 g/mol. The highest BCUT2D eigenvalue weighted by molar-refractivity contribution is 6.06. The van der Waals surface area contributed by atoms with E-state index in [1.165, 1.54) is 18.2 Å². The molecule has 1 aliphatic heterocycles. The summed E-state index contributed by atoms with van der Waals surface area (Å²) in [5, 5.41) is 18.9. The van der Waals surface area contributed by atoms with E-state index in [9.17, 15) is 19.7 Å². The van der Waals surface area contributed by atoms with Gasteiger partial charge in [0.05, 0.1) is 23.6 Å². The van der Waals surface area contributed by atoms with Crippen LogP contribution in [0.2, 0.25) is 0 Å². The molecule has 2 aromatic carbocycles. The molecule has 3 amide bonds. The number of carbonyl (C=O) groups excluding carboxylic acids is 2. The number of allylic oxidation sites excluding steroid dienone is 1. The zero-order valence-corrected chi connectivity index (χ0v) is 15.2. The summed E-state index contributed by atoms with van der Waals surface area (Å²) in [4.78, 5) is 35.3. The zero-order chi connectivity index (χ0) is 20.3. The van der Waals surface area contributed by atoms with Crippen LogP contribution in [0, 0.1) is 10.1 Å². The van der Waals surface area contributed by atoms with Crippen molar-refractivity contribution in [3.8, 4) is 5.75 Å². The minimum atomic E-state index is -0.682. The molecule has 1 atom stereocenters. The topological polar surface area (TPSA) is 123 Å². The molecule has 28 heavy (non-hydrogen) atoms. The van der Waals surface area contributed by atoms with Crippen LogP contribution in [0.4, 0.5) is 16.2 Å². The highest BCUT2D eigenvalue weighted by atomic mass is 16.6. The fraction of sp³-hybridized carbons (Fsp3) is 0.158. The number of hydrogen-bond donors (Lipinski definition) is 3. The van der Waals surface area contributed by atoms with E-state index in [-0.39, 0.29) is 11.4 Å². The summed E-state index contributed by atoms with van der Waals surface area (Å²) < 4.78 is 5.14. The van der Waals surface area contributed by atoms with E-state index in [4.69, 9.17) is 4.74 Å². The van der Waals surface area contributed by atoms with Gasteiger partial charge in [0.2, 0.25) is 0 Å². The largest absolute Gasteiger partial charge is 0.497 e. The third-order valence-electron chi connectivity index (χ3n) is 4.28. The summed E-state index contributed by atoms with van der Waals surface area (Å²) >= 11 is 0. The first kappa shape index (κ1) is 18.9. The number of urea groups is 1. The molecule has 1 heterocycles. The summed E-state index contributed by atoms with van der Waals surface area (Å²) in [6.07, 6.45) is 0. The maximum atomic E-state index is 12.9. The molecule has 144 valence electrons. The molecule has 0 fully saturated rings. The number of nitro benzene ring substituents is 1. The quantitative estimate of drug-likeness (QED) is 0.542. The van der Waals surface area contributed by atoms with Crippen molar-refractivity contribution in [2.75, 3.05) is 12.4 Å². The van der Waals surface area contributed by atoms with E-state index in [1.54, 1.807) is 44.4 Å². The van der Waals surface area contributed by atoms with E-state index in [1.807, 2.05) is 0 Å². The van der Waals surface area contributed by atoms with Gasteiger partial charge in [-0.1, -0.05) is 18.2 Å². The lowest BCUT2D eigenvalue weighted by Gasteiger charge is -2.28. The van der Waals surface area contributed by atoms with Gasteiger partial charge in [-0.3, -0.25) is 14.9 Å². The third kappa shape index (κ3) is 3.93. The number of anilines is 1. The molecule has 0 unspecified atom stereocenters. The molecule has 1 aliphatic rings. The van der Waals surface area contributed by atoms with Crippen molar-refractivity contribution in [1.29, 1.82) is 0 Å². The SMILES string of the molecule is COc1ccc([C@H]2NC(=O)NC(C)=C2C(=O)Nc2cccc([N+](=O)[O-])c2)cc1. The number of nitrogens with zero attached hydrogens (tertiary/aromatic N) is 1. The van der Waals surface area contributed by atoms with Gasteiger partial charge in [0.25, 0.3) is 11.6 Å². The average Bonchev–Trinajstić information content (AvgIpc) is 2.67. The van der Waals surface area contributed by atoms with Crippen molar-refractivity contribution in [2.24, 2.45) is 0 Å². The van der Waals surface area contributed by atoms with Crippen LogP contribution in [-0.4, -0.2) is 24.0 Å². The fourth-order valence-corrected chi connectivity index (χ4v) is 2.94. The van der Waals surface area contributed by atoms with E-state index < -0.39 is 22.9 Å². The van der Waals surface area contributed by atoms with Gasteiger partial charge in [-0.2, -0.15) is 0 Å². The molecular formula is C19H18N4O5. The molecule has 0 radical (unpaired) electrons. The Kier molecular flexibility index (Phi) is 5.25. The van der Waals surface area contributed by atoms with Crippen LogP contribution >= 0.6 is 0 Å². The molecule has 3 N–H and O–H groups in total. The minimum Gasteiger partial charge on any atom is -0.497 e. The average molecular weight is 382 g/mol. The zero-order valence-electron chi connectivity index (χ0n) is 15.2. The number of benzene rings is 2. The van der Waals surface area contributed by atoms with Crippen molar-refractivity contribution >= 4 is 23.3 Å². The first-order chi connectivity index (χ1) is 13.4. The van der Waals surface area contributed by atoms with Crippen molar-refractivity contribution in [2.45, 2.75) is 13.0 Å². The Balaban J connectivity index is 1.92. The van der Waals surface area contributed by atoms with Crippen LogP contribution in [-0.2, 0) is 4.79 Å². The van der Waals surface area contributed by atoms with Crippen molar-refractivity contribution in [1.82, 2.24) is 10.6 Å². The van der Waals surface area contributed by atoms with Gasteiger partial charge < -0.3 is 20.7 Å². The number of nitrogens with one attached hydrogen (secondary N) is 3. The lowest BCUT2D eigenvalue weighted by Crippen LogP contribution is -2.45. The van der Waals surface area contributed by atoms with Gasteiger partial charge in [0.15, 0.2) is 0 Å². The summed E-state index contributed by atoms with van der Waals surface area (Å²) in [5.74, 6) is 0.165. The van der Waals surface area contributed by atoms with Crippen LogP contribution in [0.25, 0.3) is 0 Å². The monoisotopic (exact) mass is 382 g/mol. The van der Waals surface area contributed by atoms with E-state index in [2.05, 4.69) is 16.0 Å². The maximum absolute atomic E-state index is 12.9. The Morgan fingerprint density at radius 3 is 2.57 bits per heavy atom. The Bertz CT molecular complexity index is 969. The van der Waals surface area contributed by atoms with Gasteiger partial charge >= 0.3 is 6.03 Å². The van der Waals surface area contributed by atoms with Crippen molar-refractivity contribution in [3.05, 3.63) is 75.5 Å². The minimum absolute atomic E-state index is 0.134. The molecule has 0 spiro atoms. The van der Waals surface area contributed by atoms with Gasteiger partial charge in [-0.25, -0.2) is 4.79 Å². The molecule has 0 aromatic heterocycles. The molecule has 0 aliphatic carbocycles. The van der Waals surface area contributed by atoms with Crippen LogP contribution in [0.1, 0.15) is 18.5 Å². The van der Waals surface area contributed by atoms with Crippen LogP contribution in [0.3, 0.4) is 0 Å². The van der Waals surface area contributed by atoms with Gasteiger partial charge in [0, 0.05) is 23.5 Å². The summed E-state index contributed by atoms with van der Waals surface area (Å²) in [6, 6.07) is 11.5. The predicted octanol–water partition coefficient (Wildman–Crippen LogP) is 2.87. The highest BCUT2D eigenvalue weighted by Gasteiger charge is 2.31. The second-order valence-electron chi connectivity index (χ2n) is 6.10. The number of amides is 3. The summed E-state index contributed by atoms with van der Waals surface area (Å²) in [7, 11) is 1.54. The Morgan fingerprint density at radius 2 is 1.93 bits per heavy atom. The number of carbonyl (C=O) groups is 2. The van der Waals surface area contributed by atoms with E-state index in [0.29, 0.717) is 22.6 Å². The standard InChI is InChI=1S/C19H18N4O5/c1-11-16(18(24)21-13-4-3-5-14(10-13)23(26)27)17(22-19(25)20-11)12-6-8-15(28-2)9-7-12/h3-10,17H,1-2H3,(H,21,24)(H2,20,22,25)/t17-/m1/s1. The van der Waals surface area contributed by atoms with Crippen LogP contribution < -0.4 is 20.7 Å². The Hall–Kier alpha value is -3.88. The second-order valence-corrected chi connectivity index (χ2v) is 6.10. The molecule has 0 saturated heterocycles. The lowest BCUT2D eigenvalue weighted by molar-refractivity contribution is -0.384. The van der Waals surface area contributed by atoms with Crippen molar-refractivity contribution in [3.63, 3.8) is 0 Å². The predicted molar refractivity (Wildman–Crippen MR) is 102 cm³/mol. The Labute approximate surface area is 160 Å². The fourth-order valence-electron chi connectivity index (χ4n) is 2.94. The first-order valence-corrected chi connectivity index (χ1v) is 8.37. The molecule has 9 heteroatoms. The van der Waals surface area contributed by atoms with E-state index >= 15 is 0 Å². The van der Waals surface area contributed by atoms with Crippen LogP contribution in [0.15, 0.2) is 59.8 Å². The molecule has 2 aromatic rings. The number of non-ortho nitro benzene ring substituents is 1. The lowest BCUT2D eigenvalue weighted by atomic mass is 9.94. The smallest absolute Gasteiger partial charge is 0.319 e. The van der Waals surface area contributed by atoms with Crippen molar-refractivity contribution < 1.29 is 19.2 Å². The molecule has 9 nitrogen and oxygen atoms in total. The van der Waals surface area contributed by atoms with Crippen LogP contribution in [0.5, 0.6) is 5.75 Å². The summed E-state index contributed by atoms with van der Waals surface area (Å²) in [6.45, 7) is 1.62. The number of hydrogen-bond acceptors (Lipinski definition) is 5. The summed E-state index contributed by atoms with van der Waals surface area (Å²) in [5.41, 5.74) is 1.54. The number of rotatable bonds is 5. The number of ether oxygens (including phenoxy) is 1. The maximum Gasteiger partial charge on any atom is 0.319 e. The van der Waals surface area contributed by atoms with Gasteiger partial charge in [-0.15, -0.1) is 0 Å². The Morgan fingerprint density at radius 1 is 1.21 bits per heavy atom.